The van der Waals surface area contributed by atoms with E-state index < -0.39 is 5.91 Å². The van der Waals surface area contributed by atoms with Crippen molar-refractivity contribution in [3.8, 4) is 0 Å². The summed E-state index contributed by atoms with van der Waals surface area (Å²) < 4.78 is 12.7. The Morgan fingerprint density at radius 1 is 1.41 bits per heavy atom. The smallest absolute Gasteiger partial charge is 0.302 e. The van der Waals surface area contributed by atoms with Crippen molar-refractivity contribution in [2.45, 2.75) is 59.3 Å². The highest BCUT2D eigenvalue weighted by Crippen LogP contribution is 2.44. The number of primary amides is 1. The van der Waals surface area contributed by atoms with Crippen LogP contribution in [0, 0.1) is 24.2 Å². The lowest BCUT2D eigenvalue weighted by Gasteiger charge is -2.24. The van der Waals surface area contributed by atoms with E-state index in [1.807, 2.05) is 4.57 Å². The number of amides is 1. The molecule has 156 valence electrons. The highest BCUT2D eigenvalue weighted by molar-refractivity contribution is 6.06. The van der Waals surface area contributed by atoms with Crippen molar-refractivity contribution in [1.29, 1.82) is 5.41 Å². The Balaban J connectivity index is 2.20. The van der Waals surface area contributed by atoms with E-state index in [2.05, 4.69) is 23.8 Å². The van der Waals surface area contributed by atoms with E-state index in [4.69, 9.17) is 20.6 Å². The summed E-state index contributed by atoms with van der Waals surface area (Å²) in [5.41, 5.74) is 6.98. The molecular formula is C20H27N5O4. The number of rotatable bonds is 7. The van der Waals surface area contributed by atoms with E-state index in [1.165, 1.54) is 6.92 Å². The van der Waals surface area contributed by atoms with Crippen LogP contribution in [0.4, 0.5) is 0 Å². The molecule has 3 N–H and O–H groups in total. The quantitative estimate of drug-likeness (QED) is 0.416. The monoisotopic (exact) mass is 401 g/mol. The molecule has 1 amide bonds. The minimum atomic E-state index is -0.598. The van der Waals surface area contributed by atoms with E-state index >= 15 is 0 Å². The van der Waals surface area contributed by atoms with Gasteiger partial charge in [-0.25, -0.2) is 9.97 Å². The van der Waals surface area contributed by atoms with Gasteiger partial charge in [0, 0.05) is 13.1 Å². The first-order valence-corrected chi connectivity index (χ1v) is 9.74. The fraction of sp³-hybridized carbons (Fsp3) is 0.550. The predicted octanol–water partition coefficient (Wildman–Crippen LogP) is 2.50. The van der Waals surface area contributed by atoms with Crippen molar-refractivity contribution < 1.29 is 19.1 Å². The molecule has 0 spiro atoms. The lowest BCUT2D eigenvalue weighted by Crippen LogP contribution is -2.28. The summed E-state index contributed by atoms with van der Waals surface area (Å²) in [6.45, 7) is 7.40. The highest BCUT2D eigenvalue weighted by atomic mass is 16.5. The lowest BCUT2D eigenvalue weighted by molar-refractivity contribution is -0.149. The minimum Gasteiger partial charge on any atom is -0.477 e. The van der Waals surface area contributed by atoms with E-state index in [0.717, 1.165) is 19.2 Å². The van der Waals surface area contributed by atoms with Gasteiger partial charge < -0.3 is 19.8 Å². The number of carbonyl (C=O) groups is 2. The van der Waals surface area contributed by atoms with E-state index in [0.29, 0.717) is 28.5 Å². The molecule has 0 bridgehead atoms. The Labute approximate surface area is 169 Å². The Bertz CT molecular complexity index is 954. The third-order valence-electron chi connectivity index (χ3n) is 5.80. The number of nitrogens with two attached hydrogens (primary N) is 1. The van der Waals surface area contributed by atoms with Crippen LogP contribution in [0.1, 0.15) is 61.5 Å². The summed E-state index contributed by atoms with van der Waals surface area (Å²) in [7, 11) is 0. The molecule has 1 fully saturated rings. The SMILES string of the molecule is CC[C@H]1C[C@@H](n2cc(C(N)=O)c3c(COC=N)nc(C)nc32)[C@H](OC(C)=O)[C@@H]1C. The fourth-order valence-electron chi connectivity index (χ4n) is 4.47. The van der Waals surface area contributed by atoms with Crippen LogP contribution in [0.2, 0.25) is 0 Å². The Morgan fingerprint density at radius 2 is 2.14 bits per heavy atom. The number of fused-ring (bicyclic) bond motifs is 1. The van der Waals surface area contributed by atoms with Gasteiger partial charge in [0.15, 0.2) is 6.40 Å². The summed E-state index contributed by atoms with van der Waals surface area (Å²) in [6, 6.07) is -0.166. The maximum Gasteiger partial charge on any atom is 0.302 e. The van der Waals surface area contributed by atoms with Gasteiger partial charge in [-0.3, -0.25) is 15.0 Å². The van der Waals surface area contributed by atoms with Crippen LogP contribution in [0.15, 0.2) is 6.20 Å². The van der Waals surface area contributed by atoms with Gasteiger partial charge in [-0.2, -0.15) is 0 Å². The first-order valence-electron chi connectivity index (χ1n) is 9.74. The second-order valence-corrected chi connectivity index (χ2v) is 7.56. The number of ether oxygens (including phenoxy) is 2. The number of aromatic nitrogens is 3. The zero-order valence-electron chi connectivity index (χ0n) is 17.1. The normalized spacial score (nSPS) is 23.9. The molecule has 0 unspecified atom stereocenters. The van der Waals surface area contributed by atoms with Crippen LogP contribution in [-0.4, -0.2) is 38.9 Å². The molecule has 1 aliphatic carbocycles. The summed E-state index contributed by atoms with van der Waals surface area (Å²) in [5.74, 6) is 0.133. The van der Waals surface area contributed by atoms with E-state index in [1.54, 1.807) is 13.1 Å². The summed E-state index contributed by atoms with van der Waals surface area (Å²) in [6.07, 6.45) is 3.94. The average molecular weight is 401 g/mol. The van der Waals surface area contributed by atoms with Gasteiger partial charge in [0.1, 0.15) is 24.2 Å². The molecule has 0 saturated heterocycles. The third kappa shape index (κ3) is 3.81. The van der Waals surface area contributed by atoms with Gasteiger partial charge in [0.05, 0.1) is 22.7 Å². The second-order valence-electron chi connectivity index (χ2n) is 7.56. The number of carbonyl (C=O) groups excluding carboxylic acids is 2. The molecule has 0 aliphatic heterocycles. The fourth-order valence-corrected chi connectivity index (χ4v) is 4.47. The summed E-state index contributed by atoms with van der Waals surface area (Å²) >= 11 is 0. The zero-order chi connectivity index (χ0) is 21.3. The van der Waals surface area contributed by atoms with E-state index in [9.17, 15) is 9.59 Å². The molecule has 1 aliphatic rings. The maximum absolute atomic E-state index is 12.2. The van der Waals surface area contributed by atoms with Gasteiger partial charge >= 0.3 is 5.97 Å². The van der Waals surface area contributed by atoms with Crippen molar-refractivity contribution >= 4 is 29.3 Å². The molecule has 9 heteroatoms. The topological polar surface area (TPSA) is 133 Å². The number of aryl methyl sites for hydroxylation is 1. The number of esters is 1. The molecule has 29 heavy (non-hydrogen) atoms. The molecule has 1 saturated carbocycles. The third-order valence-corrected chi connectivity index (χ3v) is 5.80. The predicted molar refractivity (Wildman–Crippen MR) is 107 cm³/mol. The van der Waals surface area contributed by atoms with Crippen LogP contribution >= 0.6 is 0 Å². The molecule has 2 aromatic rings. The van der Waals surface area contributed by atoms with E-state index in [-0.39, 0.29) is 36.2 Å². The van der Waals surface area contributed by atoms with Crippen LogP contribution in [0.3, 0.4) is 0 Å². The highest BCUT2D eigenvalue weighted by Gasteiger charge is 2.44. The molecule has 2 heterocycles. The van der Waals surface area contributed by atoms with Crippen LogP contribution in [0.25, 0.3) is 11.0 Å². The molecular weight excluding hydrogens is 374 g/mol. The molecule has 9 nitrogen and oxygen atoms in total. The Kier molecular flexibility index (Phi) is 5.86. The summed E-state index contributed by atoms with van der Waals surface area (Å²) in [5, 5.41) is 7.63. The number of hydrogen-bond acceptors (Lipinski definition) is 7. The molecule has 0 aromatic carbocycles. The van der Waals surface area contributed by atoms with Gasteiger partial charge in [-0.15, -0.1) is 0 Å². The number of nitrogens with one attached hydrogen (secondary N) is 1. The van der Waals surface area contributed by atoms with Gasteiger partial charge in [0.25, 0.3) is 5.91 Å². The first-order chi connectivity index (χ1) is 13.8. The standard InChI is InChI=1S/C20H27N5O4/c1-5-13-6-16(18(10(13)2)29-12(4)26)25-7-14(19(22)27)17-15(8-28-9-21)23-11(3)24-20(17)25/h7,9-10,13,16,18,21H,5-6,8H2,1-4H3,(H2,22,27)/t10-,13+,16-,18-/m1/s1. The second kappa shape index (κ2) is 8.18. The van der Waals surface area contributed by atoms with Crippen molar-refractivity contribution in [2.75, 3.05) is 0 Å². The molecule has 3 rings (SSSR count). The van der Waals surface area contributed by atoms with Gasteiger partial charge in [-0.1, -0.05) is 20.3 Å². The van der Waals surface area contributed by atoms with Crippen molar-refractivity contribution in [1.82, 2.24) is 14.5 Å². The van der Waals surface area contributed by atoms with Crippen molar-refractivity contribution in [3.05, 3.63) is 23.3 Å². The molecule has 0 radical (unpaired) electrons. The first kappa shape index (κ1) is 20.8. The Hall–Kier alpha value is -2.97. The number of hydrogen-bond donors (Lipinski definition) is 2. The average Bonchev–Trinajstić information content (AvgIpc) is 3.18. The Morgan fingerprint density at radius 3 is 2.72 bits per heavy atom. The van der Waals surface area contributed by atoms with Gasteiger partial charge in [-0.05, 0) is 25.2 Å². The van der Waals surface area contributed by atoms with Crippen LogP contribution in [0.5, 0.6) is 0 Å². The maximum atomic E-state index is 12.2. The van der Waals surface area contributed by atoms with Crippen LogP contribution in [-0.2, 0) is 20.9 Å². The molecule has 2 aromatic heterocycles. The van der Waals surface area contributed by atoms with Crippen molar-refractivity contribution in [3.63, 3.8) is 0 Å². The summed E-state index contributed by atoms with van der Waals surface area (Å²) in [4.78, 5) is 32.9. The zero-order valence-corrected chi connectivity index (χ0v) is 17.1. The molecule has 4 atom stereocenters. The lowest BCUT2D eigenvalue weighted by atomic mass is 9.95. The largest absolute Gasteiger partial charge is 0.477 e. The van der Waals surface area contributed by atoms with Gasteiger partial charge in [0.2, 0.25) is 0 Å². The number of nitrogens with zero attached hydrogens (tertiary/aromatic N) is 3. The van der Waals surface area contributed by atoms with Crippen LogP contribution < -0.4 is 5.73 Å². The minimum absolute atomic E-state index is 0.0275. The van der Waals surface area contributed by atoms with Crippen molar-refractivity contribution in [2.24, 2.45) is 17.6 Å².